The Kier molecular flexibility index (Phi) is 10.5. The van der Waals surface area contributed by atoms with Crippen molar-refractivity contribution in [2.45, 2.75) is 68.8 Å². The average molecular weight is 835 g/mol. The van der Waals surface area contributed by atoms with Crippen LogP contribution in [0.4, 0.5) is 0 Å². The minimum absolute atomic E-state index is 0.0769. The van der Waals surface area contributed by atoms with Gasteiger partial charge in [-0.25, -0.2) is 0 Å². The molecule has 0 fully saturated rings. The molecule has 0 bridgehead atoms. The molecule has 55 heavy (non-hydrogen) atoms. The van der Waals surface area contributed by atoms with Crippen LogP contribution in [-0.2, 0) is 38.5 Å². The number of fused-ring (bicyclic) bond motifs is 3. The number of hydrogen-bond donors (Lipinski definition) is 0. The minimum atomic E-state index is -2.90. The summed E-state index contributed by atoms with van der Waals surface area (Å²) in [6, 6.07) is 49.7. The van der Waals surface area contributed by atoms with Gasteiger partial charge in [-0.3, -0.25) is 0 Å². The zero-order valence-corrected chi connectivity index (χ0v) is 36.7. The van der Waals surface area contributed by atoms with Gasteiger partial charge in [0.05, 0.1) is 0 Å². The van der Waals surface area contributed by atoms with Crippen LogP contribution in [0, 0.1) is 0 Å². The number of allylic oxidation sites excluding steroid dienone is 4. The molecule has 0 spiro atoms. The molecule has 3 heteroatoms. The third kappa shape index (κ3) is 7.66. The van der Waals surface area contributed by atoms with Crippen molar-refractivity contribution in [2.24, 2.45) is 0 Å². The summed E-state index contributed by atoms with van der Waals surface area (Å²) in [7, 11) is 0. The summed E-state index contributed by atoms with van der Waals surface area (Å²) in [5, 5.41) is 1.52. The van der Waals surface area contributed by atoms with Crippen LogP contribution in [0.15, 0.2) is 155 Å². The normalized spacial score (nSPS) is 14.4. The Morgan fingerprint density at radius 3 is 1.49 bits per heavy atom. The maximum atomic E-state index is 6.49. The molecule has 0 N–H and O–H groups in total. The van der Waals surface area contributed by atoms with Crippen LogP contribution in [-0.4, -0.2) is 3.21 Å². The topological polar surface area (TPSA) is 0 Å². The first-order valence-corrected chi connectivity index (χ1v) is 24.1. The van der Waals surface area contributed by atoms with Gasteiger partial charge >= 0.3 is 348 Å². The summed E-state index contributed by atoms with van der Waals surface area (Å²) in [4.78, 5) is 0. The molecule has 6 aromatic carbocycles. The van der Waals surface area contributed by atoms with Crippen molar-refractivity contribution >= 4 is 26.4 Å². The van der Waals surface area contributed by atoms with Crippen molar-refractivity contribution in [1.29, 1.82) is 0 Å². The van der Waals surface area contributed by atoms with Crippen molar-refractivity contribution in [2.75, 3.05) is 0 Å². The van der Waals surface area contributed by atoms with E-state index < -0.39 is 21.3 Å². The molecule has 0 atom stereocenters. The zero-order valence-electron chi connectivity index (χ0n) is 32.7. The first-order chi connectivity index (χ1) is 26.4. The molecule has 0 aliphatic heterocycles. The van der Waals surface area contributed by atoms with E-state index in [1.807, 2.05) is 24.3 Å². The van der Waals surface area contributed by atoms with Crippen molar-refractivity contribution in [1.82, 2.24) is 0 Å². The van der Waals surface area contributed by atoms with Crippen LogP contribution >= 0.6 is 23.2 Å². The van der Waals surface area contributed by atoms with Gasteiger partial charge in [-0.05, 0) is 0 Å². The summed E-state index contributed by atoms with van der Waals surface area (Å²) >= 11 is 10.1. The summed E-state index contributed by atoms with van der Waals surface area (Å²) in [6.45, 7) is 14.1. The Morgan fingerprint density at radius 2 is 1.05 bits per heavy atom. The van der Waals surface area contributed by atoms with Crippen LogP contribution in [0.1, 0.15) is 85.0 Å². The van der Waals surface area contributed by atoms with Gasteiger partial charge in [-0.15, -0.1) is 0 Å². The Labute approximate surface area is 345 Å². The summed E-state index contributed by atoms with van der Waals surface area (Å²) in [6.07, 6.45) is 9.14. The Morgan fingerprint density at radius 1 is 0.582 bits per heavy atom. The Bertz CT molecular complexity index is 2360. The van der Waals surface area contributed by atoms with Crippen LogP contribution in [0.3, 0.4) is 0 Å². The first kappa shape index (κ1) is 38.0. The van der Waals surface area contributed by atoms with E-state index in [2.05, 4.69) is 169 Å². The fourth-order valence-electron chi connectivity index (χ4n) is 8.63. The first-order valence-electron chi connectivity index (χ1n) is 19.4. The van der Waals surface area contributed by atoms with Gasteiger partial charge in [0.2, 0.25) is 0 Å². The zero-order chi connectivity index (χ0) is 38.5. The van der Waals surface area contributed by atoms with Crippen LogP contribution in [0.5, 0.6) is 0 Å². The number of halogens is 2. The molecule has 0 aromatic heterocycles. The van der Waals surface area contributed by atoms with E-state index in [1.54, 1.807) is 6.49 Å². The van der Waals surface area contributed by atoms with E-state index in [0.29, 0.717) is 0 Å². The van der Waals surface area contributed by atoms with E-state index in [-0.39, 0.29) is 14.5 Å². The van der Waals surface area contributed by atoms with E-state index in [4.69, 9.17) is 23.2 Å². The monoisotopic (exact) mass is 832 g/mol. The standard InChI is InChI=1S/C33H31Cl2.C14H12.C5H5.Zr/c1-32(2,3)30-18-26-22(16-28(30)20-7-11-24(34)12-8-20)15-23-17-29(21-9-13-25(35)14-10-21)31(19-27(23)26)33(4,5)6;1-3-7-13(8-4-1)11-12-14-9-5-2-6-10-14;1-2-4-5-3-1;/h7-19H,1-6H3;1-10H,11H2;1-3H,4H2;. The second-order valence-corrected chi connectivity index (χ2v) is 24.5. The van der Waals surface area contributed by atoms with Crippen molar-refractivity contribution in [3.8, 4) is 33.4 Å². The van der Waals surface area contributed by atoms with E-state index >= 15 is 0 Å². The summed E-state index contributed by atoms with van der Waals surface area (Å²) < 4.78 is 3.58. The van der Waals surface area contributed by atoms with Gasteiger partial charge in [-0.2, -0.15) is 0 Å². The fraction of sp³-hybridized carbons (Fsp3) is 0.212. The second-order valence-electron chi connectivity index (χ2n) is 17.2. The fourth-order valence-corrected chi connectivity index (χ4v) is 18.0. The van der Waals surface area contributed by atoms with Gasteiger partial charge in [-0.1, -0.05) is 0 Å². The SMILES string of the molecule is CC(C)(C)c1cc2c(cc1-c1ccc(Cl)cc1)[CH]([Zr]([C]1=CC=CC1)=[C](Cc1ccccc1)c1ccccc1)c1cc(-c3ccc(Cl)cc3)c(C(C)(C)C)cc1-2. The Balaban J connectivity index is 1.51. The predicted octanol–water partition coefficient (Wildman–Crippen LogP) is 14.9. The van der Waals surface area contributed by atoms with Crippen molar-refractivity contribution in [3.05, 3.63) is 198 Å². The number of benzene rings is 6. The predicted molar refractivity (Wildman–Crippen MR) is 235 cm³/mol. The third-order valence-corrected chi connectivity index (χ3v) is 20.1. The molecule has 0 saturated heterocycles. The molecule has 2 aliphatic rings. The summed E-state index contributed by atoms with van der Waals surface area (Å²) in [5.41, 5.74) is 16.1. The molecule has 2 aliphatic carbocycles. The molecule has 6 aromatic rings. The van der Waals surface area contributed by atoms with Crippen LogP contribution in [0.25, 0.3) is 33.4 Å². The molecule has 8 rings (SSSR count). The molecule has 0 amide bonds. The molecular formula is C52H48Cl2Zr. The molecule has 0 radical (unpaired) electrons. The van der Waals surface area contributed by atoms with Gasteiger partial charge in [0.1, 0.15) is 0 Å². The van der Waals surface area contributed by atoms with Crippen LogP contribution < -0.4 is 0 Å². The van der Waals surface area contributed by atoms with Gasteiger partial charge in [0.15, 0.2) is 0 Å². The molecule has 0 saturated carbocycles. The average Bonchev–Trinajstić information content (AvgIpc) is 3.81. The Hall–Kier alpha value is -3.87. The van der Waals surface area contributed by atoms with Crippen LogP contribution in [0.2, 0.25) is 10.0 Å². The molecule has 274 valence electrons. The molecule has 0 heterocycles. The van der Waals surface area contributed by atoms with Crippen molar-refractivity contribution < 1.29 is 21.3 Å². The van der Waals surface area contributed by atoms with Gasteiger partial charge in [0.25, 0.3) is 0 Å². The second kappa shape index (κ2) is 15.2. The van der Waals surface area contributed by atoms with Gasteiger partial charge < -0.3 is 0 Å². The van der Waals surface area contributed by atoms with E-state index in [0.717, 1.165) is 22.9 Å². The molecular weight excluding hydrogens is 787 g/mol. The third-order valence-electron chi connectivity index (χ3n) is 11.3. The van der Waals surface area contributed by atoms with E-state index in [9.17, 15) is 0 Å². The number of rotatable bonds is 7. The van der Waals surface area contributed by atoms with Crippen molar-refractivity contribution in [3.63, 3.8) is 0 Å². The quantitative estimate of drug-likeness (QED) is 0.150. The molecule has 0 unspecified atom stereocenters. The van der Waals surface area contributed by atoms with E-state index in [1.165, 1.54) is 66.8 Å². The maximum absolute atomic E-state index is 6.49. The number of hydrogen-bond acceptors (Lipinski definition) is 0. The van der Waals surface area contributed by atoms with Gasteiger partial charge in [0, 0.05) is 0 Å². The summed E-state index contributed by atoms with van der Waals surface area (Å²) in [5.74, 6) is 0. The molecule has 0 nitrogen and oxygen atoms in total.